The minimum Gasteiger partial charge on any atom is -0.456 e. The van der Waals surface area contributed by atoms with Crippen LogP contribution in [0.3, 0.4) is 0 Å². The summed E-state index contributed by atoms with van der Waals surface area (Å²) in [6.45, 7) is 0. The summed E-state index contributed by atoms with van der Waals surface area (Å²) < 4.78 is 15.7. The monoisotopic (exact) mass is 868 g/mol. The zero-order valence-electron chi connectivity index (χ0n) is 36.4. The van der Waals surface area contributed by atoms with Gasteiger partial charge in [0, 0.05) is 54.2 Å². The van der Waals surface area contributed by atoms with Crippen LogP contribution in [0, 0.1) is 0 Å². The Balaban J connectivity index is 1.06. The quantitative estimate of drug-likeness (QED) is 0.176. The zero-order chi connectivity index (χ0) is 44.2. The third-order valence-corrected chi connectivity index (χ3v) is 15.2. The first-order valence-corrected chi connectivity index (χ1v) is 23.4. The van der Waals surface area contributed by atoms with E-state index in [1.807, 2.05) is 24.3 Å². The van der Waals surface area contributed by atoms with Gasteiger partial charge in [-0.05, 0) is 98.8 Å². The lowest BCUT2D eigenvalue weighted by Gasteiger charge is -2.30. The molecule has 1 unspecified atom stereocenters. The van der Waals surface area contributed by atoms with E-state index in [2.05, 4.69) is 180 Å². The lowest BCUT2D eigenvalue weighted by molar-refractivity contribution is 0.669. The summed E-state index contributed by atoms with van der Waals surface area (Å²) in [6.07, 6.45) is 0.949. The van der Waals surface area contributed by atoms with E-state index in [9.17, 15) is 0 Å². The van der Waals surface area contributed by atoms with Gasteiger partial charge in [-0.2, -0.15) is 9.97 Å². The van der Waals surface area contributed by atoms with Crippen LogP contribution in [0.1, 0.15) is 29.0 Å². The van der Waals surface area contributed by atoms with Gasteiger partial charge in [-0.3, -0.25) is 4.57 Å². The molecule has 0 aliphatic heterocycles. The summed E-state index contributed by atoms with van der Waals surface area (Å²) in [6, 6.07) is 71.6. The summed E-state index contributed by atoms with van der Waals surface area (Å²) >= 11 is 0. The number of benzene rings is 10. The molecule has 14 aromatic rings. The average molecular weight is 869 g/mol. The van der Waals surface area contributed by atoms with E-state index in [1.54, 1.807) is 0 Å². The van der Waals surface area contributed by atoms with Crippen molar-refractivity contribution >= 4 is 87.2 Å². The predicted octanol–water partition coefficient (Wildman–Crippen LogP) is 15.9. The van der Waals surface area contributed by atoms with Crippen molar-refractivity contribution in [1.82, 2.24) is 19.5 Å². The average Bonchev–Trinajstić information content (AvgIpc) is 3.68. The second-order valence-corrected chi connectivity index (χ2v) is 18.6. The molecule has 10 aromatic carbocycles. The summed E-state index contributed by atoms with van der Waals surface area (Å²) in [5.74, 6) is 1.93. The smallest absolute Gasteiger partial charge is 0.238 e. The van der Waals surface area contributed by atoms with Crippen molar-refractivity contribution in [3.63, 3.8) is 0 Å². The number of hydrogen-bond donors (Lipinski definition) is 0. The Bertz CT molecular complexity index is 4460. The number of para-hydroxylation sites is 3. The molecule has 0 spiro atoms. The SMILES string of the molecule is c1ccc2c(c1)-c1cc3ccccc3cc1C1C[C@]21c1ccc2oc3c4ccccc4ccc3c2c1-c1nc(-c2cccc3oc4ccccc4c23)nc(-n2c3ccccc3c3ccccc32)n1. The molecule has 0 radical (unpaired) electrons. The van der Waals surface area contributed by atoms with Gasteiger partial charge in [0.2, 0.25) is 5.95 Å². The molecule has 0 N–H and O–H groups in total. The maximum atomic E-state index is 7.03. The van der Waals surface area contributed by atoms with E-state index in [-0.39, 0.29) is 11.3 Å². The highest BCUT2D eigenvalue weighted by Crippen LogP contribution is 2.71. The molecule has 0 bridgehead atoms. The Morgan fingerprint density at radius 3 is 1.91 bits per heavy atom. The maximum Gasteiger partial charge on any atom is 0.238 e. The van der Waals surface area contributed by atoms with Crippen LogP contribution in [0.4, 0.5) is 0 Å². The number of furan rings is 2. The Labute approximate surface area is 388 Å². The standard InChI is InChI=1S/C62H36N4O2/c1-2-16-37-33-46-45(32-36(37)15-1)39-18-5-9-23-47(39)62(34-49(46)62)48-30-31-54-56(43-29-28-35-14-3-4-17-38(35)58(43)68-54)57(48)60-63-59(44-22-13-27-53-55(44)42-21-8-12-26-52(42)67-53)64-61(65-60)66-50-24-10-6-19-40(50)41-20-7-11-25-51(41)66/h1-33,49H,34H2/t49?,62-/m1/s1. The van der Waals surface area contributed by atoms with Crippen molar-refractivity contribution in [2.24, 2.45) is 0 Å². The first-order chi connectivity index (χ1) is 33.7. The van der Waals surface area contributed by atoms with Gasteiger partial charge >= 0.3 is 0 Å². The number of rotatable bonds is 4. The van der Waals surface area contributed by atoms with Gasteiger partial charge < -0.3 is 8.83 Å². The van der Waals surface area contributed by atoms with Gasteiger partial charge in [-0.1, -0.05) is 158 Å². The van der Waals surface area contributed by atoms with Crippen LogP contribution >= 0.6 is 0 Å². The van der Waals surface area contributed by atoms with Crippen LogP contribution in [0.15, 0.2) is 209 Å². The first kappa shape index (κ1) is 36.4. The summed E-state index contributed by atoms with van der Waals surface area (Å²) in [4.78, 5) is 16.9. The molecule has 4 heterocycles. The summed E-state index contributed by atoms with van der Waals surface area (Å²) in [5, 5.41) is 11.0. The van der Waals surface area contributed by atoms with Gasteiger partial charge in [0.15, 0.2) is 11.6 Å². The molecule has 2 aliphatic rings. The minimum atomic E-state index is -0.364. The van der Waals surface area contributed by atoms with Crippen LogP contribution in [-0.2, 0) is 5.41 Å². The van der Waals surface area contributed by atoms with Crippen LogP contribution in [-0.4, -0.2) is 19.5 Å². The molecular weight excluding hydrogens is 833 g/mol. The van der Waals surface area contributed by atoms with E-state index in [0.717, 1.165) is 94.0 Å². The molecule has 316 valence electrons. The molecular formula is C62H36N4O2. The van der Waals surface area contributed by atoms with E-state index >= 15 is 0 Å². The van der Waals surface area contributed by atoms with Crippen molar-refractivity contribution in [3.8, 4) is 39.9 Å². The topological polar surface area (TPSA) is 69.9 Å². The fraction of sp³-hybridized carbons (Fsp3) is 0.0484. The van der Waals surface area contributed by atoms with E-state index in [0.29, 0.717) is 17.6 Å². The lowest BCUT2D eigenvalue weighted by atomic mass is 9.72. The zero-order valence-corrected chi connectivity index (χ0v) is 36.4. The number of hydrogen-bond acceptors (Lipinski definition) is 5. The third kappa shape index (κ3) is 4.78. The van der Waals surface area contributed by atoms with Crippen LogP contribution in [0.5, 0.6) is 0 Å². The molecule has 1 saturated carbocycles. The second-order valence-electron chi connectivity index (χ2n) is 18.6. The van der Waals surface area contributed by atoms with Gasteiger partial charge in [0.25, 0.3) is 0 Å². The van der Waals surface area contributed by atoms with Gasteiger partial charge in [-0.25, -0.2) is 4.98 Å². The lowest BCUT2D eigenvalue weighted by Crippen LogP contribution is -2.19. The van der Waals surface area contributed by atoms with Crippen molar-refractivity contribution in [2.45, 2.75) is 17.8 Å². The minimum absolute atomic E-state index is 0.233. The summed E-state index contributed by atoms with van der Waals surface area (Å²) in [7, 11) is 0. The molecule has 6 nitrogen and oxygen atoms in total. The Kier molecular flexibility index (Phi) is 7.03. The maximum absolute atomic E-state index is 7.03. The van der Waals surface area contributed by atoms with Crippen molar-refractivity contribution in [2.75, 3.05) is 0 Å². The molecule has 2 atom stereocenters. The van der Waals surface area contributed by atoms with Crippen molar-refractivity contribution in [1.29, 1.82) is 0 Å². The van der Waals surface area contributed by atoms with Crippen LogP contribution in [0.25, 0.3) is 127 Å². The largest absolute Gasteiger partial charge is 0.456 e. The highest BCUT2D eigenvalue weighted by molar-refractivity contribution is 6.20. The second kappa shape index (κ2) is 13.1. The number of nitrogens with zero attached hydrogens (tertiary/aromatic N) is 4. The first-order valence-electron chi connectivity index (χ1n) is 23.4. The fourth-order valence-corrected chi connectivity index (χ4v) is 12.3. The third-order valence-electron chi connectivity index (χ3n) is 15.2. The highest BCUT2D eigenvalue weighted by Gasteiger charge is 2.61. The van der Waals surface area contributed by atoms with Crippen molar-refractivity contribution in [3.05, 3.63) is 217 Å². The summed E-state index contributed by atoms with van der Waals surface area (Å²) in [5.41, 5.74) is 13.3. The Morgan fingerprint density at radius 1 is 0.426 bits per heavy atom. The van der Waals surface area contributed by atoms with Gasteiger partial charge in [0.05, 0.1) is 11.0 Å². The van der Waals surface area contributed by atoms with Crippen LogP contribution < -0.4 is 0 Å². The van der Waals surface area contributed by atoms with Crippen LogP contribution in [0.2, 0.25) is 0 Å². The molecule has 2 aliphatic carbocycles. The Morgan fingerprint density at radius 2 is 1.07 bits per heavy atom. The number of aromatic nitrogens is 4. The molecule has 16 rings (SSSR count). The van der Waals surface area contributed by atoms with Gasteiger partial charge in [-0.15, -0.1) is 0 Å². The van der Waals surface area contributed by atoms with E-state index < -0.39 is 0 Å². The van der Waals surface area contributed by atoms with Crippen molar-refractivity contribution < 1.29 is 8.83 Å². The normalized spacial score (nSPS) is 16.4. The molecule has 1 fully saturated rings. The number of fused-ring (bicyclic) bond motifs is 18. The molecule has 4 aromatic heterocycles. The fourth-order valence-electron chi connectivity index (χ4n) is 12.3. The predicted molar refractivity (Wildman–Crippen MR) is 275 cm³/mol. The highest BCUT2D eigenvalue weighted by atomic mass is 16.3. The molecule has 68 heavy (non-hydrogen) atoms. The molecule has 0 amide bonds. The van der Waals surface area contributed by atoms with E-state index in [1.165, 1.54) is 38.6 Å². The Hall–Kier alpha value is -8.87. The molecule has 6 heteroatoms. The van der Waals surface area contributed by atoms with Gasteiger partial charge in [0.1, 0.15) is 22.3 Å². The molecule has 0 saturated heterocycles. The van der Waals surface area contributed by atoms with E-state index in [4.69, 9.17) is 23.8 Å².